The number of ether oxygens (including phenoxy) is 1. The third-order valence-electron chi connectivity index (χ3n) is 2.25. The van der Waals surface area contributed by atoms with E-state index < -0.39 is 0 Å². The molecule has 2 rings (SSSR count). The third kappa shape index (κ3) is 3.45. The Morgan fingerprint density at radius 3 is 2.82 bits per heavy atom. The average molecular weight is 229 g/mol. The van der Waals surface area contributed by atoms with Crippen LogP contribution in [0.25, 0.3) is 0 Å². The molecule has 0 spiro atoms. The molecule has 0 fully saturated rings. The first-order valence-electron chi connectivity index (χ1n) is 5.60. The van der Waals surface area contributed by atoms with E-state index in [9.17, 15) is 0 Å². The Morgan fingerprint density at radius 1 is 1.24 bits per heavy atom. The molecule has 2 aromatic rings. The van der Waals surface area contributed by atoms with Crippen molar-refractivity contribution in [3.63, 3.8) is 0 Å². The maximum Gasteiger partial charge on any atom is 0.213 e. The Hall–Kier alpha value is -2.10. The minimum atomic E-state index is 0.634. The summed E-state index contributed by atoms with van der Waals surface area (Å²) in [6.07, 6.45) is 5.37. The average Bonchev–Trinajstić information content (AvgIpc) is 2.40. The lowest BCUT2D eigenvalue weighted by Crippen LogP contribution is -2.00. The van der Waals surface area contributed by atoms with E-state index in [0.717, 1.165) is 17.8 Å². The van der Waals surface area contributed by atoms with Gasteiger partial charge in [0.2, 0.25) is 5.88 Å². The van der Waals surface area contributed by atoms with Gasteiger partial charge >= 0.3 is 0 Å². The first-order chi connectivity index (χ1) is 8.38. The van der Waals surface area contributed by atoms with E-state index in [1.807, 2.05) is 37.4 Å². The van der Waals surface area contributed by atoms with E-state index in [1.54, 1.807) is 12.4 Å². The molecule has 4 nitrogen and oxygen atoms in total. The van der Waals surface area contributed by atoms with Crippen molar-refractivity contribution in [2.45, 2.75) is 13.5 Å². The molecular weight excluding hydrogens is 214 g/mol. The molecule has 0 saturated heterocycles. The summed E-state index contributed by atoms with van der Waals surface area (Å²) in [6, 6.07) is 7.76. The standard InChI is InChI=1S/C13H15N3O/c1-2-17-13-6-5-12(10-16-13)15-9-11-4-3-7-14-8-11/h3-8,10,15H,2,9H2,1H3. The molecule has 0 unspecified atom stereocenters. The van der Waals surface area contributed by atoms with Crippen LogP contribution in [0.5, 0.6) is 5.88 Å². The van der Waals surface area contributed by atoms with Gasteiger partial charge in [0.05, 0.1) is 18.5 Å². The van der Waals surface area contributed by atoms with Gasteiger partial charge in [-0.2, -0.15) is 0 Å². The lowest BCUT2D eigenvalue weighted by Gasteiger charge is -2.06. The lowest BCUT2D eigenvalue weighted by molar-refractivity contribution is 0.327. The van der Waals surface area contributed by atoms with Crippen LogP contribution in [0.1, 0.15) is 12.5 Å². The SMILES string of the molecule is CCOc1ccc(NCc2cccnc2)cn1. The number of nitrogens with zero attached hydrogens (tertiary/aromatic N) is 2. The van der Waals surface area contributed by atoms with Crippen LogP contribution < -0.4 is 10.1 Å². The lowest BCUT2D eigenvalue weighted by atomic mass is 10.3. The maximum absolute atomic E-state index is 5.27. The summed E-state index contributed by atoms with van der Waals surface area (Å²) in [6.45, 7) is 3.31. The monoisotopic (exact) mass is 229 g/mol. The van der Waals surface area contributed by atoms with Gasteiger partial charge in [0.25, 0.3) is 0 Å². The Labute approximate surface area is 101 Å². The minimum absolute atomic E-state index is 0.634. The summed E-state index contributed by atoms with van der Waals surface area (Å²) < 4.78 is 5.27. The van der Waals surface area contributed by atoms with Gasteiger partial charge in [0, 0.05) is 25.0 Å². The summed E-state index contributed by atoms with van der Waals surface area (Å²) in [4.78, 5) is 8.24. The summed E-state index contributed by atoms with van der Waals surface area (Å²) >= 11 is 0. The van der Waals surface area contributed by atoms with Gasteiger partial charge in [-0.1, -0.05) is 6.07 Å². The Morgan fingerprint density at radius 2 is 2.18 bits per heavy atom. The molecule has 0 radical (unpaired) electrons. The van der Waals surface area contributed by atoms with Crippen LogP contribution in [-0.4, -0.2) is 16.6 Å². The van der Waals surface area contributed by atoms with Gasteiger partial charge < -0.3 is 10.1 Å². The molecule has 0 aromatic carbocycles. The molecule has 17 heavy (non-hydrogen) atoms. The van der Waals surface area contributed by atoms with Crippen LogP contribution in [0.15, 0.2) is 42.9 Å². The van der Waals surface area contributed by atoms with Crippen LogP contribution in [0.3, 0.4) is 0 Å². The number of anilines is 1. The molecule has 0 amide bonds. The number of hydrogen-bond acceptors (Lipinski definition) is 4. The summed E-state index contributed by atoms with van der Waals surface area (Å²) in [5.41, 5.74) is 2.11. The van der Waals surface area contributed by atoms with Crippen LogP contribution in [-0.2, 0) is 6.54 Å². The molecule has 0 aliphatic heterocycles. The first-order valence-corrected chi connectivity index (χ1v) is 5.60. The molecular formula is C13H15N3O. The Kier molecular flexibility index (Phi) is 3.91. The fourth-order valence-electron chi connectivity index (χ4n) is 1.42. The van der Waals surface area contributed by atoms with Crippen molar-refractivity contribution in [1.82, 2.24) is 9.97 Å². The highest BCUT2D eigenvalue weighted by molar-refractivity contribution is 5.42. The zero-order chi connectivity index (χ0) is 11.9. The van der Waals surface area contributed by atoms with E-state index in [-0.39, 0.29) is 0 Å². The van der Waals surface area contributed by atoms with Crippen molar-refractivity contribution in [3.05, 3.63) is 48.4 Å². The number of hydrogen-bond donors (Lipinski definition) is 1. The second-order valence-corrected chi connectivity index (χ2v) is 3.53. The second kappa shape index (κ2) is 5.84. The minimum Gasteiger partial charge on any atom is -0.478 e. The molecule has 0 atom stereocenters. The molecule has 0 aliphatic carbocycles. The number of nitrogens with one attached hydrogen (secondary N) is 1. The normalized spacial score (nSPS) is 9.94. The van der Waals surface area contributed by atoms with Gasteiger partial charge in [-0.05, 0) is 24.6 Å². The van der Waals surface area contributed by atoms with Crippen molar-refractivity contribution in [2.75, 3.05) is 11.9 Å². The molecule has 0 saturated carbocycles. The molecule has 2 heterocycles. The Balaban J connectivity index is 1.91. The van der Waals surface area contributed by atoms with Crippen LogP contribution >= 0.6 is 0 Å². The first kappa shape index (κ1) is 11.4. The number of aromatic nitrogens is 2. The van der Waals surface area contributed by atoms with E-state index in [0.29, 0.717) is 12.5 Å². The Bertz CT molecular complexity index is 442. The van der Waals surface area contributed by atoms with E-state index in [2.05, 4.69) is 15.3 Å². The summed E-state index contributed by atoms with van der Waals surface area (Å²) in [5.74, 6) is 0.652. The van der Waals surface area contributed by atoms with Crippen molar-refractivity contribution in [3.8, 4) is 5.88 Å². The quantitative estimate of drug-likeness (QED) is 0.855. The van der Waals surface area contributed by atoms with Gasteiger partial charge in [-0.3, -0.25) is 4.98 Å². The summed E-state index contributed by atoms with van der Waals surface area (Å²) in [7, 11) is 0. The maximum atomic E-state index is 5.27. The molecule has 1 N–H and O–H groups in total. The van der Waals surface area contributed by atoms with Gasteiger partial charge in [-0.25, -0.2) is 4.98 Å². The van der Waals surface area contributed by atoms with Crippen molar-refractivity contribution < 1.29 is 4.74 Å². The molecule has 0 aliphatic rings. The van der Waals surface area contributed by atoms with Crippen LogP contribution in [0.4, 0.5) is 5.69 Å². The smallest absolute Gasteiger partial charge is 0.213 e. The third-order valence-corrected chi connectivity index (χ3v) is 2.25. The van der Waals surface area contributed by atoms with Crippen LogP contribution in [0.2, 0.25) is 0 Å². The van der Waals surface area contributed by atoms with Crippen molar-refractivity contribution in [1.29, 1.82) is 0 Å². The molecule has 0 bridgehead atoms. The van der Waals surface area contributed by atoms with Crippen molar-refractivity contribution in [2.24, 2.45) is 0 Å². The number of pyridine rings is 2. The predicted octanol–water partition coefficient (Wildman–Crippen LogP) is 2.49. The predicted molar refractivity (Wildman–Crippen MR) is 67.0 cm³/mol. The highest BCUT2D eigenvalue weighted by Crippen LogP contribution is 2.12. The van der Waals surface area contributed by atoms with Crippen molar-refractivity contribution >= 4 is 5.69 Å². The zero-order valence-electron chi connectivity index (χ0n) is 9.76. The van der Waals surface area contributed by atoms with E-state index >= 15 is 0 Å². The highest BCUT2D eigenvalue weighted by Gasteiger charge is 1.96. The zero-order valence-corrected chi connectivity index (χ0v) is 9.76. The fraction of sp³-hybridized carbons (Fsp3) is 0.231. The van der Waals surface area contributed by atoms with E-state index in [1.165, 1.54) is 0 Å². The summed E-state index contributed by atoms with van der Waals surface area (Å²) in [5, 5.41) is 3.27. The largest absolute Gasteiger partial charge is 0.478 e. The fourth-order valence-corrected chi connectivity index (χ4v) is 1.42. The van der Waals surface area contributed by atoms with Gasteiger partial charge in [0.15, 0.2) is 0 Å². The topological polar surface area (TPSA) is 47.0 Å². The van der Waals surface area contributed by atoms with E-state index in [4.69, 9.17) is 4.74 Å². The molecule has 2 aromatic heterocycles. The van der Waals surface area contributed by atoms with Crippen LogP contribution in [0, 0.1) is 0 Å². The number of rotatable bonds is 5. The van der Waals surface area contributed by atoms with Gasteiger partial charge in [-0.15, -0.1) is 0 Å². The van der Waals surface area contributed by atoms with Gasteiger partial charge in [0.1, 0.15) is 0 Å². The second-order valence-electron chi connectivity index (χ2n) is 3.53. The molecule has 88 valence electrons. The highest BCUT2D eigenvalue weighted by atomic mass is 16.5. The molecule has 4 heteroatoms.